The molecule has 5 N–H and O–H groups in total. The Labute approximate surface area is 157 Å². The monoisotopic (exact) mass is 391 g/mol. The van der Waals surface area contributed by atoms with Crippen molar-refractivity contribution in [2.75, 3.05) is 13.1 Å². The molecule has 0 saturated heterocycles. The Hall–Kier alpha value is -2.91. The highest BCUT2D eigenvalue weighted by Crippen LogP contribution is 2.10. The Balaban J connectivity index is 1.70. The van der Waals surface area contributed by atoms with Gasteiger partial charge in [-0.05, 0) is 48.2 Å². The van der Waals surface area contributed by atoms with Gasteiger partial charge >= 0.3 is 11.8 Å². The Kier molecular flexibility index (Phi) is 6.91. The minimum Gasteiger partial charge on any atom is -0.508 e. The van der Waals surface area contributed by atoms with E-state index < -0.39 is 21.8 Å². The van der Waals surface area contributed by atoms with Gasteiger partial charge < -0.3 is 15.7 Å². The summed E-state index contributed by atoms with van der Waals surface area (Å²) in [5.41, 5.74) is 1.73. The Morgan fingerprint density at radius 1 is 0.815 bits per heavy atom. The number of sulfonamides is 1. The first-order valence-electron chi connectivity index (χ1n) is 8.21. The molecule has 0 unspecified atom stereocenters. The fourth-order valence-electron chi connectivity index (χ4n) is 2.31. The van der Waals surface area contributed by atoms with Crippen LogP contribution < -0.4 is 15.8 Å². The average Bonchev–Trinajstić information content (AvgIpc) is 2.63. The van der Waals surface area contributed by atoms with E-state index in [9.17, 15) is 23.1 Å². The van der Waals surface area contributed by atoms with Crippen LogP contribution >= 0.6 is 0 Å². The fourth-order valence-corrected chi connectivity index (χ4v) is 2.83. The van der Waals surface area contributed by atoms with Crippen LogP contribution in [0.25, 0.3) is 0 Å². The fraction of sp³-hybridized carbons (Fsp3) is 0.222. The van der Waals surface area contributed by atoms with Crippen molar-refractivity contribution in [2.24, 2.45) is 5.14 Å². The third-order valence-electron chi connectivity index (χ3n) is 3.79. The number of nitrogens with two attached hydrogens (primary N) is 1. The molecule has 0 aliphatic rings. The molecule has 0 radical (unpaired) electrons. The van der Waals surface area contributed by atoms with Crippen molar-refractivity contribution in [1.82, 2.24) is 10.6 Å². The van der Waals surface area contributed by atoms with Crippen molar-refractivity contribution in [1.29, 1.82) is 0 Å². The van der Waals surface area contributed by atoms with Crippen LogP contribution in [0, 0.1) is 0 Å². The molecule has 0 heterocycles. The van der Waals surface area contributed by atoms with E-state index >= 15 is 0 Å². The quantitative estimate of drug-likeness (QED) is 0.494. The van der Waals surface area contributed by atoms with E-state index in [1.165, 1.54) is 12.1 Å². The molecule has 0 atom stereocenters. The molecular formula is C18H21N3O5S. The number of primary sulfonamides is 1. The van der Waals surface area contributed by atoms with E-state index in [4.69, 9.17) is 5.14 Å². The van der Waals surface area contributed by atoms with E-state index in [1.54, 1.807) is 36.4 Å². The zero-order chi connectivity index (χ0) is 19.9. The number of phenolic OH excluding ortho intramolecular Hbond substituents is 1. The SMILES string of the molecule is NS(=O)(=O)c1ccc(CCNC(=O)C(=O)NCCc2ccc(O)cc2)cc1. The summed E-state index contributed by atoms with van der Waals surface area (Å²) in [6.07, 6.45) is 0.979. The highest BCUT2D eigenvalue weighted by atomic mass is 32.2. The lowest BCUT2D eigenvalue weighted by Gasteiger charge is -2.07. The molecule has 0 spiro atoms. The lowest BCUT2D eigenvalue weighted by molar-refractivity contribution is -0.139. The van der Waals surface area contributed by atoms with Crippen molar-refractivity contribution in [3.05, 3.63) is 59.7 Å². The van der Waals surface area contributed by atoms with Crippen LogP contribution in [0.5, 0.6) is 5.75 Å². The van der Waals surface area contributed by atoms with E-state index in [-0.39, 0.29) is 17.2 Å². The number of hydrogen-bond acceptors (Lipinski definition) is 5. The lowest BCUT2D eigenvalue weighted by atomic mass is 10.1. The first kappa shape index (κ1) is 20.4. The number of hydrogen-bond donors (Lipinski definition) is 4. The summed E-state index contributed by atoms with van der Waals surface area (Å²) >= 11 is 0. The maximum Gasteiger partial charge on any atom is 0.309 e. The second-order valence-corrected chi connectivity index (χ2v) is 7.43. The van der Waals surface area contributed by atoms with E-state index in [0.717, 1.165) is 11.1 Å². The van der Waals surface area contributed by atoms with E-state index in [0.29, 0.717) is 19.4 Å². The van der Waals surface area contributed by atoms with Gasteiger partial charge in [-0.3, -0.25) is 9.59 Å². The molecule has 144 valence electrons. The van der Waals surface area contributed by atoms with Gasteiger partial charge in [0.1, 0.15) is 5.75 Å². The minimum absolute atomic E-state index is 0.0169. The zero-order valence-corrected chi connectivity index (χ0v) is 15.3. The van der Waals surface area contributed by atoms with Crippen LogP contribution in [0.3, 0.4) is 0 Å². The van der Waals surface area contributed by atoms with Gasteiger partial charge in [0, 0.05) is 13.1 Å². The smallest absolute Gasteiger partial charge is 0.309 e. The molecule has 27 heavy (non-hydrogen) atoms. The third-order valence-corrected chi connectivity index (χ3v) is 4.72. The van der Waals surface area contributed by atoms with Crippen molar-refractivity contribution in [2.45, 2.75) is 17.7 Å². The molecule has 2 aromatic rings. The molecule has 8 nitrogen and oxygen atoms in total. The summed E-state index contributed by atoms with van der Waals surface area (Å²) < 4.78 is 22.4. The Morgan fingerprint density at radius 2 is 1.22 bits per heavy atom. The number of phenols is 1. The van der Waals surface area contributed by atoms with Gasteiger partial charge in [0.15, 0.2) is 0 Å². The average molecular weight is 391 g/mol. The minimum atomic E-state index is -3.73. The van der Waals surface area contributed by atoms with Gasteiger partial charge in [0.25, 0.3) is 0 Å². The summed E-state index contributed by atoms with van der Waals surface area (Å²) in [5, 5.41) is 19.3. The molecule has 0 bridgehead atoms. The predicted octanol–water partition coefficient (Wildman–Crippen LogP) is 0.0572. The molecule has 2 aromatic carbocycles. The number of nitrogens with one attached hydrogen (secondary N) is 2. The van der Waals surface area contributed by atoms with Crippen molar-refractivity contribution in [3.63, 3.8) is 0 Å². The van der Waals surface area contributed by atoms with Crippen molar-refractivity contribution >= 4 is 21.8 Å². The molecule has 0 aliphatic heterocycles. The topological polar surface area (TPSA) is 139 Å². The zero-order valence-electron chi connectivity index (χ0n) is 14.5. The van der Waals surface area contributed by atoms with Crippen LogP contribution in [0.2, 0.25) is 0 Å². The van der Waals surface area contributed by atoms with Gasteiger partial charge in [0.05, 0.1) is 4.90 Å². The van der Waals surface area contributed by atoms with Crippen LogP contribution in [0.1, 0.15) is 11.1 Å². The van der Waals surface area contributed by atoms with E-state index in [1.807, 2.05) is 0 Å². The first-order chi connectivity index (χ1) is 12.8. The van der Waals surface area contributed by atoms with Crippen LogP contribution in [0.4, 0.5) is 0 Å². The van der Waals surface area contributed by atoms with E-state index in [2.05, 4.69) is 10.6 Å². The molecule has 0 fully saturated rings. The van der Waals surface area contributed by atoms with Crippen LogP contribution in [-0.2, 0) is 32.5 Å². The van der Waals surface area contributed by atoms with Gasteiger partial charge in [-0.2, -0.15) is 0 Å². The molecule has 0 aromatic heterocycles. The van der Waals surface area contributed by atoms with Gasteiger partial charge in [-0.1, -0.05) is 24.3 Å². The maximum atomic E-state index is 11.8. The highest BCUT2D eigenvalue weighted by Gasteiger charge is 2.12. The Bertz CT molecular complexity index is 894. The summed E-state index contributed by atoms with van der Waals surface area (Å²) in [7, 11) is -3.73. The number of rotatable bonds is 7. The number of aromatic hydroxyl groups is 1. The Morgan fingerprint density at radius 3 is 1.63 bits per heavy atom. The second-order valence-electron chi connectivity index (χ2n) is 5.87. The maximum absolute atomic E-state index is 11.8. The number of carbonyl (C=O) groups is 2. The summed E-state index contributed by atoms with van der Waals surface area (Å²) in [6.45, 7) is 0.533. The van der Waals surface area contributed by atoms with Gasteiger partial charge in [0.2, 0.25) is 10.0 Å². The molecular weight excluding hydrogens is 370 g/mol. The van der Waals surface area contributed by atoms with Crippen LogP contribution in [-0.4, -0.2) is 38.4 Å². The predicted molar refractivity (Wildman–Crippen MR) is 99.3 cm³/mol. The molecule has 0 saturated carbocycles. The molecule has 2 rings (SSSR count). The van der Waals surface area contributed by atoms with Crippen LogP contribution in [0.15, 0.2) is 53.4 Å². The van der Waals surface area contributed by atoms with Crippen molar-refractivity contribution in [3.8, 4) is 5.75 Å². The molecule has 9 heteroatoms. The number of benzene rings is 2. The highest BCUT2D eigenvalue weighted by molar-refractivity contribution is 7.89. The first-order valence-corrected chi connectivity index (χ1v) is 9.76. The lowest BCUT2D eigenvalue weighted by Crippen LogP contribution is -2.41. The van der Waals surface area contributed by atoms with Gasteiger partial charge in [-0.15, -0.1) is 0 Å². The standard InChI is InChI=1S/C18H21N3O5S/c19-27(25,26)16-7-3-14(4-8-16)10-12-21-18(24)17(23)20-11-9-13-1-5-15(22)6-2-13/h1-8,22H,9-12H2,(H,20,23)(H,21,24)(H2,19,25,26). The molecule has 0 aliphatic carbocycles. The molecule has 2 amide bonds. The largest absolute Gasteiger partial charge is 0.508 e. The second kappa shape index (κ2) is 9.15. The van der Waals surface area contributed by atoms with Gasteiger partial charge in [-0.25, -0.2) is 13.6 Å². The number of carbonyl (C=O) groups excluding carboxylic acids is 2. The third kappa shape index (κ3) is 6.72. The van der Waals surface area contributed by atoms with Crippen molar-refractivity contribution < 1.29 is 23.1 Å². The number of amides is 2. The summed E-state index contributed by atoms with van der Waals surface area (Å²) in [5.74, 6) is -1.29. The summed E-state index contributed by atoms with van der Waals surface area (Å²) in [6, 6.07) is 12.6. The summed E-state index contributed by atoms with van der Waals surface area (Å²) in [4.78, 5) is 23.5. The normalized spacial score (nSPS) is 11.0.